The molecule has 3 nitrogen and oxygen atoms in total. The molecular weight excluding hydrogens is 253 g/mol. The second-order valence-corrected chi connectivity index (χ2v) is 4.54. The number of benzene rings is 1. The van der Waals surface area contributed by atoms with E-state index in [9.17, 15) is 4.39 Å². The van der Waals surface area contributed by atoms with Crippen LogP contribution in [0, 0.1) is 5.82 Å². The lowest BCUT2D eigenvalue weighted by Gasteiger charge is -2.07. The van der Waals surface area contributed by atoms with Crippen molar-refractivity contribution in [3.63, 3.8) is 0 Å². The van der Waals surface area contributed by atoms with E-state index in [0.29, 0.717) is 17.1 Å². The zero-order valence-corrected chi connectivity index (χ0v) is 11.1. The third kappa shape index (κ3) is 2.82. The Morgan fingerprint density at radius 2 is 2.22 bits per heavy atom. The molecule has 1 N–H and O–H groups in total. The summed E-state index contributed by atoms with van der Waals surface area (Å²) < 4.78 is 15.3. The highest BCUT2D eigenvalue weighted by molar-refractivity contribution is 6.30. The van der Waals surface area contributed by atoms with Crippen molar-refractivity contribution in [3.8, 4) is 0 Å². The zero-order chi connectivity index (χ0) is 13.1. The van der Waals surface area contributed by atoms with E-state index in [0.717, 1.165) is 17.8 Å². The van der Waals surface area contributed by atoms with Gasteiger partial charge in [0.2, 0.25) is 0 Å². The lowest BCUT2D eigenvalue weighted by molar-refractivity contribution is 0.613. The minimum absolute atomic E-state index is 0.256. The minimum atomic E-state index is -0.256. The molecule has 0 radical (unpaired) electrons. The first-order chi connectivity index (χ1) is 8.60. The van der Waals surface area contributed by atoms with Gasteiger partial charge in [-0.25, -0.2) is 4.39 Å². The SMILES string of the molecule is CCc1nn(C)cc1NCc1cc(Cl)ccc1F. The monoisotopic (exact) mass is 267 g/mol. The summed E-state index contributed by atoms with van der Waals surface area (Å²) in [5.41, 5.74) is 2.45. The molecule has 0 amide bonds. The highest BCUT2D eigenvalue weighted by Gasteiger charge is 2.07. The van der Waals surface area contributed by atoms with Crippen molar-refractivity contribution in [2.45, 2.75) is 19.9 Å². The molecule has 0 aliphatic heterocycles. The van der Waals surface area contributed by atoms with Crippen LogP contribution >= 0.6 is 11.6 Å². The number of aromatic nitrogens is 2. The summed E-state index contributed by atoms with van der Waals surface area (Å²) in [6, 6.07) is 4.55. The van der Waals surface area contributed by atoms with E-state index < -0.39 is 0 Å². The van der Waals surface area contributed by atoms with E-state index in [4.69, 9.17) is 11.6 Å². The van der Waals surface area contributed by atoms with Gasteiger partial charge in [0.25, 0.3) is 0 Å². The first-order valence-electron chi connectivity index (χ1n) is 5.80. The molecule has 0 saturated carbocycles. The highest BCUT2D eigenvalue weighted by Crippen LogP contribution is 2.18. The summed E-state index contributed by atoms with van der Waals surface area (Å²) in [7, 11) is 1.87. The number of hydrogen-bond acceptors (Lipinski definition) is 2. The topological polar surface area (TPSA) is 29.9 Å². The molecule has 2 rings (SSSR count). The van der Waals surface area contributed by atoms with Gasteiger partial charge < -0.3 is 5.32 Å². The molecule has 96 valence electrons. The molecule has 0 atom stereocenters. The van der Waals surface area contributed by atoms with Gasteiger partial charge in [0.05, 0.1) is 11.4 Å². The molecule has 0 spiro atoms. The van der Waals surface area contributed by atoms with Crippen LogP contribution in [0.4, 0.5) is 10.1 Å². The zero-order valence-electron chi connectivity index (χ0n) is 10.4. The first kappa shape index (κ1) is 12.9. The lowest BCUT2D eigenvalue weighted by Crippen LogP contribution is -2.02. The Labute approximate surface area is 111 Å². The van der Waals surface area contributed by atoms with E-state index in [-0.39, 0.29) is 5.82 Å². The Morgan fingerprint density at radius 3 is 2.94 bits per heavy atom. The van der Waals surface area contributed by atoms with Crippen LogP contribution in [0.1, 0.15) is 18.2 Å². The van der Waals surface area contributed by atoms with Crippen molar-refractivity contribution < 1.29 is 4.39 Å². The van der Waals surface area contributed by atoms with Gasteiger partial charge in [-0.2, -0.15) is 5.10 Å². The number of rotatable bonds is 4. The summed E-state index contributed by atoms with van der Waals surface area (Å²) in [5, 5.41) is 8.04. The smallest absolute Gasteiger partial charge is 0.128 e. The van der Waals surface area contributed by atoms with Crippen molar-refractivity contribution >= 4 is 17.3 Å². The van der Waals surface area contributed by atoms with Gasteiger partial charge in [0.1, 0.15) is 5.82 Å². The molecule has 5 heteroatoms. The molecule has 0 saturated heterocycles. The number of anilines is 1. The molecule has 0 bridgehead atoms. The molecule has 18 heavy (non-hydrogen) atoms. The number of nitrogens with one attached hydrogen (secondary N) is 1. The van der Waals surface area contributed by atoms with Crippen LogP contribution in [-0.4, -0.2) is 9.78 Å². The Hall–Kier alpha value is -1.55. The van der Waals surface area contributed by atoms with Crippen LogP contribution in [0.5, 0.6) is 0 Å². The molecular formula is C13H15ClFN3. The standard InChI is InChI=1S/C13H15ClFN3/c1-3-12-13(8-18(2)17-12)16-7-9-6-10(14)4-5-11(9)15/h4-6,8,16H,3,7H2,1-2H3. The predicted molar refractivity (Wildman–Crippen MR) is 71.3 cm³/mol. The average molecular weight is 268 g/mol. The summed E-state index contributed by atoms with van der Waals surface area (Å²) in [6.45, 7) is 2.43. The fraction of sp³-hybridized carbons (Fsp3) is 0.308. The molecule has 0 fully saturated rings. The van der Waals surface area contributed by atoms with Gasteiger partial charge >= 0.3 is 0 Å². The molecule has 0 aliphatic carbocycles. The van der Waals surface area contributed by atoms with Crippen molar-refractivity contribution in [3.05, 3.63) is 46.5 Å². The highest BCUT2D eigenvalue weighted by atomic mass is 35.5. The second-order valence-electron chi connectivity index (χ2n) is 4.11. The normalized spacial score (nSPS) is 10.7. The fourth-order valence-electron chi connectivity index (χ4n) is 1.81. The predicted octanol–water partition coefficient (Wildman–Crippen LogP) is 3.39. The largest absolute Gasteiger partial charge is 0.378 e. The third-order valence-corrected chi connectivity index (χ3v) is 2.95. The van der Waals surface area contributed by atoms with Crippen LogP contribution < -0.4 is 5.32 Å². The summed E-state index contributed by atoms with van der Waals surface area (Å²) >= 11 is 5.85. The second kappa shape index (κ2) is 5.40. The van der Waals surface area contributed by atoms with Crippen LogP contribution in [-0.2, 0) is 20.0 Å². The molecule has 0 unspecified atom stereocenters. The van der Waals surface area contributed by atoms with Gasteiger partial charge in [0, 0.05) is 30.4 Å². The van der Waals surface area contributed by atoms with Crippen LogP contribution in [0.3, 0.4) is 0 Å². The number of aryl methyl sites for hydroxylation is 2. The Morgan fingerprint density at radius 1 is 1.44 bits per heavy atom. The van der Waals surface area contributed by atoms with Crippen molar-refractivity contribution in [1.82, 2.24) is 9.78 Å². The molecule has 0 aliphatic rings. The molecule has 1 heterocycles. The summed E-state index contributed by atoms with van der Waals surface area (Å²) in [5.74, 6) is -0.256. The van der Waals surface area contributed by atoms with E-state index in [1.807, 2.05) is 20.2 Å². The van der Waals surface area contributed by atoms with E-state index in [1.54, 1.807) is 16.8 Å². The Kier molecular flexibility index (Phi) is 3.87. The minimum Gasteiger partial charge on any atom is -0.378 e. The quantitative estimate of drug-likeness (QED) is 0.920. The Balaban J connectivity index is 2.13. The number of hydrogen-bond donors (Lipinski definition) is 1. The molecule has 1 aromatic carbocycles. The van der Waals surface area contributed by atoms with E-state index in [1.165, 1.54) is 6.07 Å². The van der Waals surface area contributed by atoms with Crippen LogP contribution in [0.2, 0.25) is 5.02 Å². The number of halogens is 2. The maximum atomic E-state index is 13.5. The number of nitrogens with zero attached hydrogens (tertiary/aromatic N) is 2. The van der Waals surface area contributed by atoms with Crippen LogP contribution in [0.15, 0.2) is 24.4 Å². The van der Waals surface area contributed by atoms with Gasteiger partial charge in [0.15, 0.2) is 0 Å². The van der Waals surface area contributed by atoms with Gasteiger partial charge in [-0.05, 0) is 24.6 Å². The maximum absolute atomic E-state index is 13.5. The van der Waals surface area contributed by atoms with Gasteiger partial charge in [-0.1, -0.05) is 18.5 Å². The molecule has 1 aromatic heterocycles. The van der Waals surface area contributed by atoms with E-state index >= 15 is 0 Å². The fourth-order valence-corrected chi connectivity index (χ4v) is 2.01. The van der Waals surface area contributed by atoms with Gasteiger partial charge in [-0.3, -0.25) is 4.68 Å². The van der Waals surface area contributed by atoms with Gasteiger partial charge in [-0.15, -0.1) is 0 Å². The average Bonchev–Trinajstić information content (AvgIpc) is 2.71. The summed E-state index contributed by atoms with van der Waals surface area (Å²) in [6.07, 6.45) is 2.72. The molecule has 2 aromatic rings. The Bertz CT molecular complexity index is 551. The van der Waals surface area contributed by atoms with Crippen molar-refractivity contribution in [1.29, 1.82) is 0 Å². The van der Waals surface area contributed by atoms with Crippen molar-refractivity contribution in [2.24, 2.45) is 7.05 Å². The third-order valence-electron chi connectivity index (χ3n) is 2.72. The lowest BCUT2D eigenvalue weighted by atomic mass is 10.2. The maximum Gasteiger partial charge on any atom is 0.128 e. The van der Waals surface area contributed by atoms with Crippen LogP contribution in [0.25, 0.3) is 0 Å². The van der Waals surface area contributed by atoms with E-state index in [2.05, 4.69) is 10.4 Å². The first-order valence-corrected chi connectivity index (χ1v) is 6.18. The van der Waals surface area contributed by atoms with Crippen molar-refractivity contribution in [2.75, 3.05) is 5.32 Å². The summed E-state index contributed by atoms with van der Waals surface area (Å²) in [4.78, 5) is 0.